The van der Waals surface area contributed by atoms with Crippen LogP contribution in [-0.4, -0.2) is 14.5 Å². The molecule has 0 atom stereocenters. The summed E-state index contributed by atoms with van der Waals surface area (Å²) in [7, 11) is 0. The van der Waals surface area contributed by atoms with E-state index in [1.807, 2.05) is 24.7 Å². The third-order valence-corrected chi connectivity index (χ3v) is 8.26. The van der Waals surface area contributed by atoms with Gasteiger partial charge in [0, 0.05) is 51.6 Å². The monoisotopic (exact) mass is 537 g/mol. The van der Waals surface area contributed by atoms with Gasteiger partial charge in [0.2, 0.25) is 0 Å². The second-order valence-electron chi connectivity index (χ2n) is 10.8. The van der Waals surface area contributed by atoms with Gasteiger partial charge in [0.1, 0.15) is 0 Å². The van der Waals surface area contributed by atoms with Gasteiger partial charge >= 0.3 is 0 Å². The molecule has 3 aromatic heterocycles. The van der Waals surface area contributed by atoms with E-state index in [-0.39, 0.29) is 0 Å². The summed E-state index contributed by atoms with van der Waals surface area (Å²) in [6.07, 6.45) is 5.68. The summed E-state index contributed by atoms with van der Waals surface area (Å²) >= 11 is 0. The van der Waals surface area contributed by atoms with E-state index >= 15 is 0 Å². The van der Waals surface area contributed by atoms with Crippen LogP contribution in [0.25, 0.3) is 71.8 Å². The Bertz CT molecular complexity index is 2230. The highest BCUT2D eigenvalue weighted by Gasteiger charge is 2.16. The molecule has 8 rings (SSSR count). The fraction of sp³-hybridized carbons (Fsp3) is 0.0256. The molecule has 0 saturated carbocycles. The Labute approximate surface area is 244 Å². The van der Waals surface area contributed by atoms with Crippen molar-refractivity contribution in [2.24, 2.45) is 0 Å². The van der Waals surface area contributed by atoms with Crippen molar-refractivity contribution in [3.8, 4) is 39.2 Å². The number of benzene rings is 5. The van der Waals surface area contributed by atoms with Gasteiger partial charge < -0.3 is 4.57 Å². The molecule has 0 fully saturated rings. The van der Waals surface area contributed by atoms with E-state index in [9.17, 15) is 0 Å². The summed E-state index contributed by atoms with van der Waals surface area (Å²) in [6.45, 7) is 2.07. The van der Waals surface area contributed by atoms with Crippen LogP contribution >= 0.6 is 0 Å². The van der Waals surface area contributed by atoms with Crippen LogP contribution in [0.2, 0.25) is 0 Å². The normalized spacial score (nSPS) is 11.5. The smallest absolute Gasteiger partial charge is 0.0706 e. The molecular weight excluding hydrogens is 510 g/mol. The lowest BCUT2D eigenvalue weighted by Crippen LogP contribution is -1.94. The van der Waals surface area contributed by atoms with E-state index in [1.165, 1.54) is 43.7 Å². The Morgan fingerprint density at radius 1 is 0.548 bits per heavy atom. The molecule has 8 aromatic rings. The Balaban J connectivity index is 1.33. The van der Waals surface area contributed by atoms with Gasteiger partial charge in [0.05, 0.1) is 16.7 Å². The third-order valence-electron chi connectivity index (χ3n) is 8.26. The Kier molecular flexibility index (Phi) is 5.68. The average molecular weight is 538 g/mol. The van der Waals surface area contributed by atoms with Crippen LogP contribution in [0.4, 0.5) is 0 Å². The molecule has 0 unspecified atom stereocenters. The minimum atomic E-state index is 0.958. The number of hydrogen-bond donors (Lipinski definition) is 0. The van der Waals surface area contributed by atoms with Crippen LogP contribution in [-0.2, 0) is 0 Å². The van der Waals surface area contributed by atoms with Crippen molar-refractivity contribution in [2.75, 3.05) is 0 Å². The van der Waals surface area contributed by atoms with E-state index in [4.69, 9.17) is 4.98 Å². The second-order valence-corrected chi connectivity index (χ2v) is 10.8. The molecule has 0 bridgehead atoms. The summed E-state index contributed by atoms with van der Waals surface area (Å²) < 4.78 is 2.42. The lowest BCUT2D eigenvalue weighted by molar-refractivity contribution is 1.19. The third kappa shape index (κ3) is 3.98. The highest BCUT2D eigenvalue weighted by molar-refractivity contribution is 6.19. The molecule has 3 heterocycles. The molecule has 3 nitrogen and oxygen atoms in total. The lowest BCUT2D eigenvalue weighted by atomic mass is 9.99. The maximum Gasteiger partial charge on any atom is 0.0706 e. The Hall–Kier alpha value is -5.54. The molecule has 0 amide bonds. The SMILES string of the molecule is Cc1cnccc1-c1ccc(-c2ccc3c4ccc5cc(-c6ccccc6)ccc5c4n(-c4ccccc4)c3c2)cn1. The lowest BCUT2D eigenvalue weighted by Gasteiger charge is -2.11. The molecule has 0 spiro atoms. The Morgan fingerprint density at radius 3 is 2.02 bits per heavy atom. The van der Waals surface area contributed by atoms with Crippen molar-refractivity contribution in [1.29, 1.82) is 0 Å². The van der Waals surface area contributed by atoms with Crippen LogP contribution in [0.15, 0.2) is 146 Å². The van der Waals surface area contributed by atoms with Gasteiger partial charge in [-0.05, 0) is 71.0 Å². The molecule has 0 aliphatic rings. The maximum absolute atomic E-state index is 4.83. The highest BCUT2D eigenvalue weighted by atomic mass is 15.0. The number of aromatic nitrogens is 3. The molecule has 42 heavy (non-hydrogen) atoms. The van der Waals surface area contributed by atoms with Crippen molar-refractivity contribution in [2.45, 2.75) is 6.92 Å². The predicted molar refractivity (Wildman–Crippen MR) is 175 cm³/mol. The first-order valence-corrected chi connectivity index (χ1v) is 14.2. The van der Waals surface area contributed by atoms with Crippen molar-refractivity contribution in [3.05, 3.63) is 152 Å². The van der Waals surface area contributed by atoms with Gasteiger partial charge in [-0.1, -0.05) is 91.0 Å². The van der Waals surface area contributed by atoms with E-state index < -0.39 is 0 Å². The number of aryl methyl sites for hydroxylation is 1. The summed E-state index contributed by atoms with van der Waals surface area (Å²) in [5, 5.41) is 4.97. The van der Waals surface area contributed by atoms with Crippen molar-refractivity contribution >= 4 is 32.6 Å². The van der Waals surface area contributed by atoms with Crippen molar-refractivity contribution < 1.29 is 0 Å². The Morgan fingerprint density at radius 2 is 1.26 bits per heavy atom. The zero-order valence-corrected chi connectivity index (χ0v) is 23.2. The quantitative estimate of drug-likeness (QED) is 0.224. The summed E-state index contributed by atoms with van der Waals surface area (Å²) in [4.78, 5) is 9.05. The largest absolute Gasteiger partial charge is 0.309 e. The predicted octanol–water partition coefficient (Wildman–Crippen LogP) is 10.0. The number of hydrogen-bond acceptors (Lipinski definition) is 2. The van der Waals surface area contributed by atoms with Gasteiger partial charge in [-0.25, -0.2) is 0 Å². The minimum absolute atomic E-state index is 0.958. The number of nitrogens with zero attached hydrogens (tertiary/aromatic N) is 3. The van der Waals surface area contributed by atoms with Gasteiger partial charge in [-0.2, -0.15) is 0 Å². The van der Waals surface area contributed by atoms with Crippen molar-refractivity contribution in [1.82, 2.24) is 14.5 Å². The summed E-state index contributed by atoms with van der Waals surface area (Å²) in [5.74, 6) is 0. The van der Waals surface area contributed by atoms with Crippen LogP contribution in [0.1, 0.15) is 5.56 Å². The van der Waals surface area contributed by atoms with Gasteiger partial charge in [-0.15, -0.1) is 0 Å². The van der Waals surface area contributed by atoms with Gasteiger partial charge in [-0.3, -0.25) is 9.97 Å². The molecule has 5 aromatic carbocycles. The van der Waals surface area contributed by atoms with Crippen LogP contribution in [0.5, 0.6) is 0 Å². The first-order valence-electron chi connectivity index (χ1n) is 14.2. The molecule has 0 saturated heterocycles. The number of fused-ring (bicyclic) bond motifs is 5. The first kappa shape index (κ1) is 24.3. The van der Waals surface area contributed by atoms with Gasteiger partial charge in [0.25, 0.3) is 0 Å². The van der Waals surface area contributed by atoms with Crippen LogP contribution < -0.4 is 0 Å². The number of pyridine rings is 2. The maximum atomic E-state index is 4.83. The number of para-hydroxylation sites is 1. The molecule has 0 N–H and O–H groups in total. The van der Waals surface area contributed by atoms with E-state index in [0.717, 1.165) is 33.6 Å². The molecule has 0 aliphatic heterocycles. The average Bonchev–Trinajstić information content (AvgIpc) is 3.40. The van der Waals surface area contributed by atoms with Gasteiger partial charge in [0.15, 0.2) is 0 Å². The van der Waals surface area contributed by atoms with Crippen LogP contribution in [0, 0.1) is 6.92 Å². The molecule has 0 aliphatic carbocycles. The fourth-order valence-corrected chi connectivity index (χ4v) is 6.16. The summed E-state index contributed by atoms with van der Waals surface area (Å²) in [6, 6.07) is 45.7. The zero-order valence-electron chi connectivity index (χ0n) is 23.2. The second kappa shape index (κ2) is 9.83. The standard InChI is InChI=1S/C39H27N3/c1-26-24-40-21-20-33(26)37-19-15-31(25-41-37)29-13-17-35-36-18-14-30-22-28(27-8-4-2-5-9-27)12-16-34(30)39(36)42(38(35)23-29)32-10-6-3-7-11-32/h2-25H,1H3. The topological polar surface area (TPSA) is 30.7 Å². The zero-order chi connectivity index (χ0) is 28.0. The molecular formula is C39H27N3. The first-order chi connectivity index (χ1) is 20.7. The van der Waals surface area contributed by atoms with E-state index in [2.05, 4.69) is 138 Å². The van der Waals surface area contributed by atoms with E-state index in [1.54, 1.807) is 0 Å². The molecule has 3 heteroatoms. The van der Waals surface area contributed by atoms with E-state index in [0.29, 0.717) is 0 Å². The minimum Gasteiger partial charge on any atom is -0.309 e. The van der Waals surface area contributed by atoms with Crippen LogP contribution in [0.3, 0.4) is 0 Å². The highest BCUT2D eigenvalue weighted by Crippen LogP contribution is 2.39. The summed E-state index contributed by atoms with van der Waals surface area (Å²) in [5.41, 5.74) is 11.4. The number of rotatable bonds is 4. The fourth-order valence-electron chi connectivity index (χ4n) is 6.16. The van der Waals surface area contributed by atoms with Crippen molar-refractivity contribution in [3.63, 3.8) is 0 Å². The molecule has 198 valence electrons. The molecule has 0 radical (unpaired) electrons.